The van der Waals surface area contributed by atoms with Crippen molar-refractivity contribution in [2.75, 3.05) is 20.1 Å². The average Bonchev–Trinajstić information content (AvgIpc) is 3.22. The number of carbonyl (C=O) groups is 1. The SMILES string of the molecule is CC.CC(C)(C)OC=O.CN1CCC2(CC1)Oc1cc(C#N)ccc1-n1cccc12. The van der Waals surface area contributed by atoms with Crippen molar-refractivity contribution in [1.29, 1.82) is 5.26 Å². The zero-order valence-corrected chi connectivity index (χ0v) is 18.9. The molecule has 0 aliphatic carbocycles. The Kier molecular flexibility index (Phi) is 7.69. The van der Waals surface area contributed by atoms with E-state index in [-0.39, 0.29) is 11.2 Å². The summed E-state index contributed by atoms with van der Waals surface area (Å²) >= 11 is 0. The van der Waals surface area contributed by atoms with Crippen LogP contribution in [-0.4, -0.2) is 41.7 Å². The van der Waals surface area contributed by atoms with Crippen LogP contribution in [0.5, 0.6) is 5.75 Å². The average molecular weight is 412 g/mol. The van der Waals surface area contributed by atoms with Gasteiger partial charge in [-0.25, -0.2) is 0 Å². The smallest absolute Gasteiger partial charge is 0.293 e. The van der Waals surface area contributed by atoms with E-state index in [1.165, 1.54) is 5.69 Å². The van der Waals surface area contributed by atoms with Gasteiger partial charge in [-0.2, -0.15) is 5.26 Å². The molecule has 1 aromatic carbocycles. The Balaban J connectivity index is 0.000000306. The molecule has 0 N–H and O–H groups in total. The Morgan fingerprint density at radius 1 is 1.20 bits per heavy atom. The number of rotatable bonds is 1. The van der Waals surface area contributed by atoms with E-state index in [1.54, 1.807) is 0 Å². The molecule has 0 atom stereocenters. The number of piperidine rings is 1. The van der Waals surface area contributed by atoms with Gasteiger partial charge in [0, 0.05) is 38.2 Å². The van der Waals surface area contributed by atoms with Crippen molar-refractivity contribution in [3.8, 4) is 17.5 Å². The molecule has 0 bridgehead atoms. The van der Waals surface area contributed by atoms with Crippen LogP contribution in [0, 0.1) is 11.3 Å². The minimum Gasteiger partial charge on any atom is -0.479 e. The fourth-order valence-corrected chi connectivity index (χ4v) is 3.57. The molecule has 2 aromatic rings. The lowest BCUT2D eigenvalue weighted by Gasteiger charge is -2.44. The molecule has 1 spiro atoms. The van der Waals surface area contributed by atoms with E-state index in [9.17, 15) is 4.79 Å². The van der Waals surface area contributed by atoms with Crippen LogP contribution in [0.4, 0.5) is 0 Å². The van der Waals surface area contributed by atoms with Crippen molar-refractivity contribution in [1.82, 2.24) is 9.47 Å². The number of aromatic nitrogens is 1. The lowest BCUT2D eigenvalue weighted by molar-refractivity contribution is -0.138. The van der Waals surface area contributed by atoms with Gasteiger partial charge < -0.3 is 18.9 Å². The van der Waals surface area contributed by atoms with Crippen LogP contribution in [0.3, 0.4) is 0 Å². The van der Waals surface area contributed by atoms with Crippen molar-refractivity contribution < 1.29 is 14.3 Å². The predicted molar refractivity (Wildman–Crippen MR) is 118 cm³/mol. The third-order valence-electron chi connectivity index (χ3n) is 5.07. The standard InChI is InChI=1S/C17H17N3O.C5H10O2.C2H6/c1-19-9-6-17(7-10-19)16-3-2-8-20(16)14-5-4-13(12-18)11-15(14)21-17;1-5(2,3)7-4-6;1-2/h2-5,8,11H,6-7,9-10H2,1H3;4H,1-3H3;1-2H3. The van der Waals surface area contributed by atoms with Crippen LogP contribution in [0.15, 0.2) is 36.5 Å². The van der Waals surface area contributed by atoms with Crippen LogP contribution >= 0.6 is 0 Å². The Labute approximate surface area is 180 Å². The van der Waals surface area contributed by atoms with Crippen molar-refractivity contribution in [3.05, 3.63) is 47.8 Å². The van der Waals surface area contributed by atoms with Crippen molar-refractivity contribution in [3.63, 3.8) is 0 Å². The molecule has 0 unspecified atom stereocenters. The normalized spacial score (nSPS) is 16.3. The summed E-state index contributed by atoms with van der Waals surface area (Å²) in [5.41, 5.74) is 2.33. The second kappa shape index (κ2) is 9.82. The highest BCUT2D eigenvalue weighted by Crippen LogP contribution is 2.45. The topological polar surface area (TPSA) is 67.5 Å². The summed E-state index contributed by atoms with van der Waals surface area (Å²) in [7, 11) is 2.15. The maximum Gasteiger partial charge on any atom is 0.293 e. The van der Waals surface area contributed by atoms with Crippen LogP contribution < -0.4 is 4.74 Å². The first-order chi connectivity index (χ1) is 14.3. The van der Waals surface area contributed by atoms with E-state index in [0.29, 0.717) is 12.0 Å². The van der Waals surface area contributed by atoms with Gasteiger partial charge in [-0.05, 0) is 52.1 Å². The summed E-state index contributed by atoms with van der Waals surface area (Å²) in [5, 5.41) is 9.11. The lowest BCUT2D eigenvalue weighted by Crippen LogP contribution is -2.47. The first kappa shape index (κ1) is 23.5. The highest BCUT2D eigenvalue weighted by atomic mass is 16.5. The molecule has 1 saturated heterocycles. The Bertz CT molecular complexity index is 882. The summed E-state index contributed by atoms with van der Waals surface area (Å²) in [6.07, 6.45) is 4.04. The molecule has 6 nitrogen and oxygen atoms in total. The molecule has 3 heterocycles. The van der Waals surface area contributed by atoms with Crippen molar-refractivity contribution in [2.24, 2.45) is 0 Å². The van der Waals surface area contributed by atoms with Gasteiger partial charge in [0.2, 0.25) is 0 Å². The zero-order valence-electron chi connectivity index (χ0n) is 18.9. The summed E-state index contributed by atoms with van der Waals surface area (Å²) in [6.45, 7) is 12.0. The molecule has 1 fully saturated rings. The number of carbonyl (C=O) groups excluding carboxylic acids is 1. The van der Waals surface area contributed by atoms with Crippen LogP contribution in [-0.2, 0) is 15.1 Å². The zero-order chi connectivity index (χ0) is 22.4. The minimum absolute atomic E-state index is 0.253. The molecule has 30 heavy (non-hydrogen) atoms. The van der Waals surface area contributed by atoms with E-state index in [0.717, 1.165) is 37.4 Å². The highest BCUT2D eigenvalue weighted by Gasteiger charge is 2.43. The number of hydrogen-bond donors (Lipinski definition) is 0. The van der Waals surface area contributed by atoms with Gasteiger partial charge in [0.05, 0.1) is 23.0 Å². The lowest BCUT2D eigenvalue weighted by atomic mass is 9.86. The van der Waals surface area contributed by atoms with E-state index >= 15 is 0 Å². The van der Waals surface area contributed by atoms with Crippen LogP contribution in [0.1, 0.15) is 58.7 Å². The summed E-state index contributed by atoms with van der Waals surface area (Å²) < 4.78 is 13.2. The second-order valence-electron chi connectivity index (χ2n) is 8.28. The van der Waals surface area contributed by atoms with E-state index in [1.807, 2.05) is 52.8 Å². The number of hydrogen-bond acceptors (Lipinski definition) is 5. The first-order valence-electron chi connectivity index (χ1n) is 10.5. The van der Waals surface area contributed by atoms with Crippen LogP contribution in [0.2, 0.25) is 0 Å². The van der Waals surface area contributed by atoms with Gasteiger partial charge in [0.15, 0.2) is 5.60 Å². The van der Waals surface area contributed by atoms with Gasteiger partial charge in [-0.1, -0.05) is 13.8 Å². The number of nitriles is 1. The quantitative estimate of drug-likeness (QED) is 0.639. The van der Waals surface area contributed by atoms with Gasteiger partial charge in [-0.15, -0.1) is 0 Å². The summed E-state index contributed by atoms with van der Waals surface area (Å²) in [5.74, 6) is 0.822. The number of likely N-dealkylation sites (tertiary alicyclic amines) is 1. The summed E-state index contributed by atoms with van der Waals surface area (Å²) in [4.78, 5) is 11.9. The van der Waals surface area contributed by atoms with Gasteiger partial charge >= 0.3 is 0 Å². The molecule has 2 aliphatic heterocycles. The fourth-order valence-electron chi connectivity index (χ4n) is 3.57. The maximum absolute atomic E-state index is 9.60. The van der Waals surface area contributed by atoms with Crippen molar-refractivity contribution >= 4 is 6.47 Å². The minimum atomic E-state index is -0.318. The predicted octanol–water partition coefficient (Wildman–Crippen LogP) is 4.65. The molecular weight excluding hydrogens is 378 g/mol. The number of ether oxygens (including phenoxy) is 2. The van der Waals surface area contributed by atoms with E-state index in [2.05, 4.69) is 45.7 Å². The third-order valence-corrected chi connectivity index (χ3v) is 5.07. The molecule has 2 aliphatic rings. The maximum atomic E-state index is 9.60. The second-order valence-corrected chi connectivity index (χ2v) is 8.28. The molecule has 1 aromatic heterocycles. The van der Waals surface area contributed by atoms with E-state index in [4.69, 9.17) is 10.00 Å². The van der Waals surface area contributed by atoms with Crippen molar-refractivity contribution in [2.45, 2.75) is 58.7 Å². The number of nitrogens with zero attached hydrogens (tertiary/aromatic N) is 3. The monoisotopic (exact) mass is 411 g/mol. The highest BCUT2D eigenvalue weighted by molar-refractivity contribution is 5.55. The Hall–Kier alpha value is -2.78. The molecule has 4 rings (SSSR count). The Morgan fingerprint density at radius 2 is 1.87 bits per heavy atom. The van der Waals surface area contributed by atoms with Crippen LogP contribution in [0.25, 0.3) is 5.69 Å². The van der Waals surface area contributed by atoms with Gasteiger partial charge in [0.1, 0.15) is 11.4 Å². The first-order valence-corrected chi connectivity index (χ1v) is 10.5. The summed E-state index contributed by atoms with van der Waals surface area (Å²) in [6, 6.07) is 12.1. The van der Waals surface area contributed by atoms with Gasteiger partial charge in [0.25, 0.3) is 6.47 Å². The number of benzene rings is 1. The third kappa shape index (κ3) is 5.22. The van der Waals surface area contributed by atoms with Gasteiger partial charge in [-0.3, -0.25) is 4.79 Å². The Morgan fingerprint density at radius 3 is 2.40 bits per heavy atom. The molecule has 0 amide bonds. The fraction of sp³-hybridized carbons (Fsp3) is 0.500. The molecule has 6 heteroatoms. The molecule has 162 valence electrons. The molecular formula is C24H33N3O3. The largest absolute Gasteiger partial charge is 0.479 e. The molecule has 0 radical (unpaired) electrons. The van der Waals surface area contributed by atoms with E-state index < -0.39 is 0 Å². The number of fused-ring (bicyclic) bond motifs is 4. The molecule has 0 saturated carbocycles.